The molecule has 1 fully saturated rings. The Kier molecular flexibility index (Phi) is 4.26. The normalized spacial score (nSPS) is 37.8. The van der Waals surface area contributed by atoms with Gasteiger partial charge in [0.1, 0.15) is 0 Å². The molecule has 1 saturated carbocycles. The highest BCUT2D eigenvalue weighted by atomic mass is 16.4. The van der Waals surface area contributed by atoms with Gasteiger partial charge in [-0.15, -0.1) is 5.76 Å². The number of carbonyl (C=O) groups is 1. The molecule has 4 atom stereocenters. The van der Waals surface area contributed by atoms with E-state index in [1.807, 2.05) is 6.08 Å². The molecule has 0 radical (unpaired) electrons. The fourth-order valence-electron chi connectivity index (χ4n) is 4.11. The van der Waals surface area contributed by atoms with Crippen LogP contribution in [-0.2, 0) is 4.79 Å². The lowest BCUT2D eigenvalue weighted by atomic mass is 9.56. The van der Waals surface area contributed by atoms with E-state index in [9.17, 15) is 15.0 Å². The Balaban J connectivity index is 2.43. The van der Waals surface area contributed by atoms with Crippen LogP contribution in [0.25, 0.3) is 0 Å². The number of hydrogen-bond donors (Lipinski definition) is 1. The van der Waals surface area contributed by atoms with E-state index < -0.39 is 11.4 Å². The Bertz CT molecular complexity index is 436. The molecule has 2 rings (SSSR count). The summed E-state index contributed by atoms with van der Waals surface area (Å²) in [5.41, 5.74) is -1.22. The minimum Gasteiger partial charge on any atom is -0.875 e. The van der Waals surface area contributed by atoms with Crippen molar-refractivity contribution >= 4 is 5.97 Å². The van der Waals surface area contributed by atoms with Crippen molar-refractivity contribution in [3.8, 4) is 0 Å². The van der Waals surface area contributed by atoms with E-state index in [1.54, 1.807) is 6.08 Å². The summed E-state index contributed by atoms with van der Waals surface area (Å²) < 4.78 is 0. The molecule has 2 aliphatic carbocycles. The fraction of sp³-hybridized carbons (Fsp3) is 0.706. The Morgan fingerprint density at radius 2 is 2.15 bits per heavy atom. The third kappa shape index (κ3) is 2.38. The van der Waals surface area contributed by atoms with Crippen LogP contribution in [0.4, 0.5) is 0 Å². The Labute approximate surface area is 121 Å². The van der Waals surface area contributed by atoms with E-state index in [-0.39, 0.29) is 11.7 Å². The molecular weight excluding hydrogens is 252 g/mol. The van der Waals surface area contributed by atoms with Crippen LogP contribution in [0.5, 0.6) is 0 Å². The predicted octanol–water partition coefficient (Wildman–Crippen LogP) is 2.97. The molecule has 0 heterocycles. The van der Waals surface area contributed by atoms with Crippen LogP contribution in [0.3, 0.4) is 0 Å². The van der Waals surface area contributed by atoms with E-state index in [4.69, 9.17) is 0 Å². The average Bonchev–Trinajstić information content (AvgIpc) is 2.38. The minimum atomic E-state index is -1.22. The maximum Gasteiger partial charge on any atom is 0.313 e. The summed E-state index contributed by atoms with van der Waals surface area (Å²) in [6.45, 7) is 6.47. The van der Waals surface area contributed by atoms with Gasteiger partial charge in [-0.1, -0.05) is 45.4 Å². The molecule has 0 spiro atoms. The number of carboxylic acid groups (broad SMARTS) is 1. The van der Waals surface area contributed by atoms with Crippen LogP contribution in [0.1, 0.15) is 46.5 Å². The van der Waals surface area contributed by atoms with Crippen molar-refractivity contribution in [2.24, 2.45) is 29.1 Å². The molecular formula is C17H25O3-. The molecule has 0 aromatic heterocycles. The molecule has 112 valence electrons. The lowest BCUT2D eigenvalue weighted by Gasteiger charge is -2.50. The van der Waals surface area contributed by atoms with Crippen molar-refractivity contribution in [2.45, 2.75) is 46.5 Å². The Hall–Kier alpha value is -1.25. The van der Waals surface area contributed by atoms with Gasteiger partial charge in [0.25, 0.3) is 0 Å². The molecule has 1 N–H and O–H groups in total. The zero-order chi connectivity index (χ0) is 14.9. The summed E-state index contributed by atoms with van der Waals surface area (Å²) in [6.07, 6.45) is 8.36. The van der Waals surface area contributed by atoms with Crippen molar-refractivity contribution in [3.05, 3.63) is 24.0 Å². The zero-order valence-electron chi connectivity index (χ0n) is 12.6. The lowest BCUT2D eigenvalue weighted by molar-refractivity contribution is -0.331. The van der Waals surface area contributed by atoms with Crippen molar-refractivity contribution in [2.75, 3.05) is 0 Å². The third-order valence-corrected chi connectivity index (χ3v) is 5.30. The molecule has 0 aliphatic heterocycles. The van der Waals surface area contributed by atoms with Crippen LogP contribution in [0.15, 0.2) is 24.0 Å². The van der Waals surface area contributed by atoms with Crippen LogP contribution in [-0.4, -0.2) is 11.1 Å². The number of hydrogen-bond acceptors (Lipinski definition) is 2. The molecule has 20 heavy (non-hydrogen) atoms. The summed E-state index contributed by atoms with van der Waals surface area (Å²) >= 11 is 0. The second-order valence-electron chi connectivity index (χ2n) is 6.87. The van der Waals surface area contributed by atoms with Crippen molar-refractivity contribution in [1.82, 2.24) is 0 Å². The molecule has 0 bridgehead atoms. The lowest BCUT2D eigenvalue weighted by Crippen LogP contribution is -2.50. The second kappa shape index (κ2) is 5.63. The first-order valence-electron chi connectivity index (χ1n) is 7.67. The SMILES string of the molecule is CC(C)[C@@H]1CC[C@@H](C)CC1[C@]1(C(=O)O)CC=CC=C1[O-]. The van der Waals surface area contributed by atoms with Gasteiger partial charge in [-0.3, -0.25) is 4.79 Å². The average molecular weight is 277 g/mol. The van der Waals surface area contributed by atoms with E-state index in [0.29, 0.717) is 24.2 Å². The van der Waals surface area contributed by atoms with Crippen molar-refractivity contribution < 1.29 is 15.0 Å². The molecule has 0 aromatic rings. The summed E-state index contributed by atoms with van der Waals surface area (Å²) in [7, 11) is 0. The highest BCUT2D eigenvalue weighted by molar-refractivity contribution is 5.79. The highest BCUT2D eigenvalue weighted by Crippen LogP contribution is 2.52. The van der Waals surface area contributed by atoms with Gasteiger partial charge in [0.2, 0.25) is 0 Å². The van der Waals surface area contributed by atoms with E-state index >= 15 is 0 Å². The Morgan fingerprint density at radius 3 is 2.70 bits per heavy atom. The third-order valence-electron chi connectivity index (χ3n) is 5.30. The van der Waals surface area contributed by atoms with E-state index in [0.717, 1.165) is 19.3 Å². The standard InChI is InChI=1S/C17H26O3/c1-11(2)13-8-7-12(3)10-14(13)17(16(19)20)9-5-4-6-15(17)18/h4-6,11-14,18H,7-10H2,1-3H3,(H,19,20)/p-1/t12-,13+,14?,17-/m1/s1. The molecule has 3 heteroatoms. The quantitative estimate of drug-likeness (QED) is 0.862. The highest BCUT2D eigenvalue weighted by Gasteiger charge is 2.50. The summed E-state index contributed by atoms with van der Waals surface area (Å²) in [4.78, 5) is 12.0. The first-order chi connectivity index (χ1) is 9.39. The summed E-state index contributed by atoms with van der Waals surface area (Å²) in [5.74, 6) is 0.0565. The smallest absolute Gasteiger partial charge is 0.313 e. The molecule has 0 aromatic carbocycles. The van der Waals surface area contributed by atoms with Crippen LogP contribution < -0.4 is 5.11 Å². The molecule has 2 aliphatic rings. The summed E-state index contributed by atoms with van der Waals surface area (Å²) in [6, 6.07) is 0. The first kappa shape index (κ1) is 15.1. The number of aliphatic carboxylic acids is 1. The molecule has 3 nitrogen and oxygen atoms in total. The van der Waals surface area contributed by atoms with Gasteiger partial charge in [-0.25, -0.2) is 0 Å². The van der Waals surface area contributed by atoms with Gasteiger partial charge in [0.15, 0.2) is 0 Å². The number of carboxylic acids is 1. The maximum atomic E-state index is 12.4. The van der Waals surface area contributed by atoms with Crippen molar-refractivity contribution in [1.29, 1.82) is 0 Å². The maximum absolute atomic E-state index is 12.4. The second-order valence-corrected chi connectivity index (χ2v) is 6.87. The summed E-state index contributed by atoms with van der Waals surface area (Å²) in [5, 5.41) is 22.3. The van der Waals surface area contributed by atoms with Crippen molar-refractivity contribution in [3.63, 3.8) is 0 Å². The van der Waals surface area contributed by atoms with Crippen LogP contribution in [0, 0.1) is 29.1 Å². The number of rotatable bonds is 3. The van der Waals surface area contributed by atoms with Gasteiger partial charge in [-0.05, 0) is 42.9 Å². The van der Waals surface area contributed by atoms with Crippen LogP contribution >= 0.6 is 0 Å². The van der Waals surface area contributed by atoms with Gasteiger partial charge >= 0.3 is 5.97 Å². The first-order valence-corrected chi connectivity index (χ1v) is 7.67. The monoisotopic (exact) mass is 277 g/mol. The van der Waals surface area contributed by atoms with Gasteiger partial charge in [0.05, 0.1) is 5.41 Å². The fourth-order valence-corrected chi connectivity index (χ4v) is 4.11. The number of allylic oxidation sites excluding steroid dienone is 3. The van der Waals surface area contributed by atoms with Gasteiger partial charge in [-0.2, -0.15) is 0 Å². The van der Waals surface area contributed by atoms with E-state index in [1.165, 1.54) is 6.08 Å². The molecule has 0 saturated heterocycles. The van der Waals surface area contributed by atoms with E-state index in [2.05, 4.69) is 20.8 Å². The zero-order valence-corrected chi connectivity index (χ0v) is 12.6. The topological polar surface area (TPSA) is 60.4 Å². The minimum absolute atomic E-state index is 0.0440. The van der Waals surface area contributed by atoms with Crippen LogP contribution in [0.2, 0.25) is 0 Å². The largest absolute Gasteiger partial charge is 0.875 e. The molecule has 0 amide bonds. The van der Waals surface area contributed by atoms with Gasteiger partial charge in [0, 0.05) is 0 Å². The Morgan fingerprint density at radius 1 is 1.45 bits per heavy atom. The molecule has 1 unspecified atom stereocenters. The predicted molar refractivity (Wildman–Crippen MR) is 76.7 cm³/mol. The van der Waals surface area contributed by atoms with Gasteiger partial charge < -0.3 is 10.2 Å².